The van der Waals surface area contributed by atoms with E-state index in [-0.39, 0.29) is 5.41 Å². The highest BCUT2D eigenvalue weighted by Gasteiger charge is 2.16. The highest BCUT2D eigenvalue weighted by Crippen LogP contribution is 2.31. The Morgan fingerprint density at radius 2 is 1.79 bits per heavy atom. The maximum absolute atomic E-state index is 10.2. The third-order valence-electron chi connectivity index (χ3n) is 3.20. The molecule has 19 heavy (non-hydrogen) atoms. The Bertz CT molecular complexity index is 537. The van der Waals surface area contributed by atoms with E-state index in [1.807, 2.05) is 11.4 Å². The quantitative estimate of drug-likeness (QED) is 0.847. The van der Waals surface area contributed by atoms with Crippen LogP contribution in [-0.4, -0.2) is 5.11 Å². The number of aliphatic hydroxyl groups is 1. The molecule has 0 saturated carbocycles. The Kier molecular flexibility index (Phi) is 4.34. The van der Waals surface area contributed by atoms with E-state index in [2.05, 4.69) is 45.0 Å². The molecule has 0 aliphatic heterocycles. The molecule has 0 aliphatic rings. The zero-order valence-electron chi connectivity index (χ0n) is 11.5. The fraction of sp³-hybridized carbons (Fsp3) is 0.375. The second-order valence-electron chi connectivity index (χ2n) is 5.80. The lowest BCUT2D eigenvalue weighted by Gasteiger charge is -2.19. The van der Waals surface area contributed by atoms with Crippen LogP contribution in [0.2, 0.25) is 5.02 Å². The minimum absolute atomic E-state index is 0.161. The molecule has 1 unspecified atom stereocenters. The Morgan fingerprint density at radius 1 is 1.16 bits per heavy atom. The summed E-state index contributed by atoms with van der Waals surface area (Å²) in [5.74, 6) is 0. The number of halogens is 1. The van der Waals surface area contributed by atoms with Gasteiger partial charge in [0.1, 0.15) is 0 Å². The Hall–Kier alpha value is -0.830. The van der Waals surface area contributed by atoms with Crippen LogP contribution >= 0.6 is 22.9 Å². The van der Waals surface area contributed by atoms with Crippen LogP contribution in [0, 0.1) is 0 Å². The van der Waals surface area contributed by atoms with Gasteiger partial charge in [0.25, 0.3) is 0 Å². The van der Waals surface area contributed by atoms with Crippen LogP contribution in [0.1, 0.15) is 42.9 Å². The van der Waals surface area contributed by atoms with E-state index in [1.165, 1.54) is 16.9 Å². The molecule has 1 aromatic heterocycles. The summed E-state index contributed by atoms with van der Waals surface area (Å²) in [6.07, 6.45) is 0.0815. The number of rotatable bonds is 3. The average molecular weight is 295 g/mol. The lowest BCUT2D eigenvalue weighted by atomic mass is 9.86. The zero-order chi connectivity index (χ0) is 14.0. The van der Waals surface area contributed by atoms with Gasteiger partial charge in [0.15, 0.2) is 0 Å². The van der Waals surface area contributed by atoms with Crippen molar-refractivity contribution in [3.63, 3.8) is 0 Å². The monoisotopic (exact) mass is 294 g/mol. The van der Waals surface area contributed by atoms with Gasteiger partial charge in [-0.3, -0.25) is 0 Å². The average Bonchev–Trinajstić information content (AvgIpc) is 2.75. The van der Waals surface area contributed by atoms with Gasteiger partial charge in [-0.25, -0.2) is 0 Å². The first kappa shape index (κ1) is 14.6. The van der Waals surface area contributed by atoms with Crippen molar-refractivity contribution in [1.82, 2.24) is 0 Å². The van der Waals surface area contributed by atoms with Crippen molar-refractivity contribution in [3.8, 4) is 0 Å². The summed E-state index contributed by atoms with van der Waals surface area (Å²) in [5.41, 5.74) is 2.60. The smallest absolute Gasteiger partial charge is 0.0937 e. The predicted octanol–water partition coefficient (Wildman–Crippen LogP) is 4.98. The van der Waals surface area contributed by atoms with Crippen LogP contribution in [-0.2, 0) is 11.8 Å². The van der Waals surface area contributed by atoms with Crippen molar-refractivity contribution in [1.29, 1.82) is 0 Å². The van der Waals surface area contributed by atoms with Crippen molar-refractivity contribution < 1.29 is 5.11 Å². The van der Waals surface area contributed by atoms with Gasteiger partial charge in [-0.1, -0.05) is 56.6 Å². The molecule has 1 N–H and O–H groups in total. The van der Waals surface area contributed by atoms with Gasteiger partial charge in [0.05, 0.1) is 16.0 Å². The first-order chi connectivity index (χ1) is 8.88. The largest absolute Gasteiger partial charge is 0.387 e. The molecule has 1 atom stereocenters. The van der Waals surface area contributed by atoms with Crippen molar-refractivity contribution in [2.45, 2.75) is 38.7 Å². The molecule has 0 amide bonds. The molecular formula is C16H19ClOS. The van der Waals surface area contributed by atoms with Crippen LogP contribution in [0.15, 0.2) is 35.7 Å². The second-order valence-corrected chi connectivity index (χ2v) is 7.15. The summed E-state index contributed by atoms with van der Waals surface area (Å²) < 4.78 is 0. The third kappa shape index (κ3) is 3.59. The minimum atomic E-state index is -0.520. The first-order valence-corrected chi connectivity index (χ1v) is 7.64. The van der Waals surface area contributed by atoms with Gasteiger partial charge < -0.3 is 5.11 Å². The van der Waals surface area contributed by atoms with Crippen molar-refractivity contribution in [2.24, 2.45) is 0 Å². The molecule has 3 heteroatoms. The van der Waals surface area contributed by atoms with Crippen LogP contribution in [0.25, 0.3) is 0 Å². The van der Waals surface area contributed by atoms with Gasteiger partial charge in [-0.05, 0) is 28.0 Å². The predicted molar refractivity (Wildman–Crippen MR) is 83.1 cm³/mol. The normalized spacial score (nSPS) is 13.5. The van der Waals surface area contributed by atoms with Gasteiger partial charge in [0.2, 0.25) is 0 Å². The third-order valence-corrected chi connectivity index (χ3v) is 4.66. The van der Waals surface area contributed by atoms with E-state index < -0.39 is 6.10 Å². The molecule has 1 nitrogen and oxygen atoms in total. The molecule has 0 aliphatic carbocycles. The number of aliphatic hydroxyl groups excluding tert-OH is 1. The Labute approximate surface area is 123 Å². The number of hydrogen-bond acceptors (Lipinski definition) is 2. The van der Waals surface area contributed by atoms with Crippen molar-refractivity contribution in [3.05, 3.63) is 56.7 Å². The summed E-state index contributed by atoms with van der Waals surface area (Å²) in [6.45, 7) is 6.59. The molecule has 1 heterocycles. The maximum atomic E-state index is 10.2. The molecule has 0 bridgehead atoms. The minimum Gasteiger partial charge on any atom is -0.387 e. The number of thiophene rings is 1. The lowest BCUT2D eigenvalue weighted by molar-refractivity contribution is 0.182. The van der Waals surface area contributed by atoms with Gasteiger partial charge >= 0.3 is 0 Å². The molecule has 0 radical (unpaired) electrons. The lowest BCUT2D eigenvalue weighted by Crippen LogP contribution is -2.11. The summed E-state index contributed by atoms with van der Waals surface area (Å²) >= 11 is 7.54. The molecular weight excluding hydrogens is 276 g/mol. The topological polar surface area (TPSA) is 20.2 Å². The summed E-state index contributed by atoms with van der Waals surface area (Å²) in [5, 5.41) is 12.8. The van der Waals surface area contributed by atoms with Gasteiger partial charge in [0, 0.05) is 6.42 Å². The van der Waals surface area contributed by atoms with Gasteiger partial charge in [-0.15, -0.1) is 11.3 Å². The molecule has 1 aromatic carbocycles. The van der Waals surface area contributed by atoms with Gasteiger partial charge in [-0.2, -0.15) is 0 Å². The fourth-order valence-corrected chi connectivity index (χ4v) is 3.17. The highest BCUT2D eigenvalue weighted by atomic mass is 35.5. The standard InChI is InChI=1S/C16H19ClOS/c1-16(2,3)12-6-4-11(5-7-12)10-14(18)15-13(17)8-9-19-15/h4-9,14,18H,10H2,1-3H3. The summed E-state index contributed by atoms with van der Waals surface area (Å²) in [4.78, 5) is 0.849. The van der Waals surface area contributed by atoms with E-state index in [0.29, 0.717) is 11.4 Å². The molecule has 0 fully saturated rings. The molecule has 2 rings (SSSR count). The van der Waals surface area contributed by atoms with E-state index in [9.17, 15) is 5.11 Å². The highest BCUT2D eigenvalue weighted by molar-refractivity contribution is 7.10. The Morgan fingerprint density at radius 3 is 2.26 bits per heavy atom. The van der Waals surface area contributed by atoms with Crippen molar-refractivity contribution >= 4 is 22.9 Å². The number of hydrogen-bond donors (Lipinski definition) is 1. The van der Waals surface area contributed by atoms with Crippen LogP contribution < -0.4 is 0 Å². The van der Waals surface area contributed by atoms with E-state index >= 15 is 0 Å². The first-order valence-electron chi connectivity index (χ1n) is 6.38. The maximum Gasteiger partial charge on any atom is 0.0937 e. The van der Waals surface area contributed by atoms with E-state index in [4.69, 9.17) is 11.6 Å². The number of benzene rings is 1. The molecule has 0 saturated heterocycles. The molecule has 0 spiro atoms. The van der Waals surface area contributed by atoms with E-state index in [0.717, 1.165) is 10.4 Å². The second kappa shape index (κ2) is 5.66. The van der Waals surface area contributed by atoms with Crippen LogP contribution in [0.5, 0.6) is 0 Å². The van der Waals surface area contributed by atoms with Crippen molar-refractivity contribution in [2.75, 3.05) is 0 Å². The zero-order valence-corrected chi connectivity index (χ0v) is 13.1. The van der Waals surface area contributed by atoms with Crippen LogP contribution in [0.3, 0.4) is 0 Å². The van der Waals surface area contributed by atoms with Crippen LogP contribution in [0.4, 0.5) is 0 Å². The molecule has 2 aromatic rings. The SMILES string of the molecule is CC(C)(C)c1ccc(CC(O)c2sccc2Cl)cc1. The van der Waals surface area contributed by atoms with E-state index in [1.54, 1.807) is 0 Å². The fourth-order valence-electron chi connectivity index (χ4n) is 2.00. The summed E-state index contributed by atoms with van der Waals surface area (Å²) in [7, 11) is 0. The molecule has 102 valence electrons. The Balaban J connectivity index is 2.10. The summed E-state index contributed by atoms with van der Waals surface area (Å²) in [6, 6.07) is 10.3.